The third kappa shape index (κ3) is 3.09. The summed E-state index contributed by atoms with van der Waals surface area (Å²) in [5, 5.41) is 15.5. The Morgan fingerprint density at radius 3 is 2.75 bits per heavy atom. The van der Waals surface area contributed by atoms with E-state index >= 15 is 0 Å². The molecule has 2 heterocycles. The molecule has 2 rings (SSSR count). The summed E-state index contributed by atoms with van der Waals surface area (Å²) in [6, 6.07) is -0.337. The van der Waals surface area contributed by atoms with Gasteiger partial charge in [-0.25, -0.2) is 4.79 Å². The number of rotatable bonds is 5. The molecule has 0 amide bonds. The smallest absolute Gasteiger partial charge is 0.243 e. The van der Waals surface area contributed by atoms with Crippen LogP contribution >= 0.6 is 0 Å². The molecular formula is C13H20N6O. The lowest BCUT2D eigenvalue weighted by molar-refractivity contribution is 0.236. The number of unbranched alkanes of at least 4 members (excludes halogenated alkanes) is 1. The molecule has 0 atom stereocenters. The molecule has 108 valence electrons. The second-order valence-electron chi connectivity index (χ2n) is 5.23. The van der Waals surface area contributed by atoms with E-state index in [1.807, 2.05) is 0 Å². The SMILES string of the molecule is CCCCc1c(CC(C)C)nnn1C(=O)n1ccnn1. The highest BCUT2D eigenvalue weighted by molar-refractivity contribution is 5.77. The van der Waals surface area contributed by atoms with Crippen LogP contribution in [0.4, 0.5) is 4.79 Å². The Balaban J connectivity index is 2.31. The third-order valence-corrected chi connectivity index (χ3v) is 3.01. The molecule has 2 aromatic heterocycles. The van der Waals surface area contributed by atoms with Gasteiger partial charge in [0.15, 0.2) is 0 Å². The van der Waals surface area contributed by atoms with E-state index < -0.39 is 0 Å². The van der Waals surface area contributed by atoms with E-state index in [4.69, 9.17) is 0 Å². The molecule has 0 aliphatic carbocycles. The van der Waals surface area contributed by atoms with Gasteiger partial charge in [0.1, 0.15) is 0 Å². The summed E-state index contributed by atoms with van der Waals surface area (Å²) in [6.45, 7) is 6.37. The molecule has 0 radical (unpaired) electrons. The summed E-state index contributed by atoms with van der Waals surface area (Å²) in [7, 11) is 0. The lowest BCUT2D eigenvalue weighted by Crippen LogP contribution is -2.23. The van der Waals surface area contributed by atoms with Crippen LogP contribution in [0.5, 0.6) is 0 Å². The molecule has 0 aliphatic heterocycles. The fourth-order valence-electron chi connectivity index (χ4n) is 2.03. The summed E-state index contributed by atoms with van der Waals surface area (Å²) >= 11 is 0. The van der Waals surface area contributed by atoms with Crippen LogP contribution in [0.15, 0.2) is 12.4 Å². The number of hydrogen-bond acceptors (Lipinski definition) is 5. The third-order valence-electron chi connectivity index (χ3n) is 3.01. The summed E-state index contributed by atoms with van der Waals surface area (Å²) in [6.07, 6.45) is 6.66. The monoisotopic (exact) mass is 276 g/mol. The van der Waals surface area contributed by atoms with Gasteiger partial charge in [-0.3, -0.25) is 0 Å². The van der Waals surface area contributed by atoms with Gasteiger partial charge in [-0.1, -0.05) is 37.6 Å². The summed E-state index contributed by atoms with van der Waals surface area (Å²) in [5.74, 6) is 0.474. The number of carbonyl (C=O) groups excluding carboxylic acids is 1. The predicted octanol–water partition coefficient (Wildman–Crippen LogP) is 1.93. The summed E-state index contributed by atoms with van der Waals surface area (Å²) < 4.78 is 2.52. The van der Waals surface area contributed by atoms with Crippen LogP contribution in [0.25, 0.3) is 0 Å². The van der Waals surface area contributed by atoms with Gasteiger partial charge in [-0.2, -0.15) is 9.36 Å². The second kappa shape index (κ2) is 6.40. The second-order valence-corrected chi connectivity index (χ2v) is 5.23. The topological polar surface area (TPSA) is 78.5 Å². The minimum atomic E-state index is -0.337. The highest BCUT2D eigenvalue weighted by Gasteiger charge is 2.19. The molecule has 0 aliphatic rings. The maximum Gasteiger partial charge on any atom is 0.372 e. The van der Waals surface area contributed by atoms with Crippen molar-refractivity contribution in [1.82, 2.24) is 30.0 Å². The van der Waals surface area contributed by atoms with Gasteiger partial charge in [0, 0.05) is 0 Å². The Kier molecular flexibility index (Phi) is 4.60. The van der Waals surface area contributed by atoms with Gasteiger partial charge in [-0.15, -0.1) is 10.2 Å². The van der Waals surface area contributed by atoms with Crippen LogP contribution in [0.2, 0.25) is 0 Å². The zero-order chi connectivity index (χ0) is 14.5. The van der Waals surface area contributed by atoms with E-state index in [0.717, 1.165) is 37.1 Å². The molecule has 7 nitrogen and oxygen atoms in total. The van der Waals surface area contributed by atoms with Crippen LogP contribution < -0.4 is 0 Å². The Morgan fingerprint density at radius 1 is 1.35 bits per heavy atom. The molecule has 0 N–H and O–H groups in total. The van der Waals surface area contributed by atoms with Crippen molar-refractivity contribution in [2.45, 2.75) is 46.5 Å². The van der Waals surface area contributed by atoms with Gasteiger partial charge >= 0.3 is 6.03 Å². The van der Waals surface area contributed by atoms with Gasteiger partial charge in [0.2, 0.25) is 0 Å². The van der Waals surface area contributed by atoms with E-state index in [0.29, 0.717) is 5.92 Å². The fraction of sp³-hybridized carbons (Fsp3) is 0.615. The highest BCUT2D eigenvalue weighted by atomic mass is 16.2. The van der Waals surface area contributed by atoms with Crippen molar-refractivity contribution in [2.24, 2.45) is 5.92 Å². The van der Waals surface area contributed by atoms with Crippen molar-refractivity contribution in [3.8, 4) is 0 Å². The van der Waals surface area contributed by atoms with Crippen molar-refractivity contribution in [3.05, 3.63) is 23.8 Å². The maximum atomic E-state index is 12.3. The van der Waals surface area contributed by atoms with E-state index in [1.165, 1.54) is 21.8 Å². The molecule has 0 saturated carbocycles. The lowest BCUT2D eigenvalue weighted by Gasteiger charge is -2.07. The molecule has 20 heavy (non-hydrogen) atoms. The minimum absolute atomic E-state index is 0.337. The van der Waals surface area contributed by atoms with Gasteiger partial charge in [0.05, 0.1) is 23.8 Å². The molecular weight excluding hydrogens is 256 g/mol. The average Bonchev–Trinajstić information content (AvgIpc) is 3.04. The normalized spacial score (nSPS) is 11.2. The Morgan fingerprint density at radius 2 is 2.15 bits per heavy atom. The van der Waals surface area contributed by atoms with E-state index in [1.54, 1.807) is 0 Å². The van der Waals surface area contributed by atoms with E-state index in [-0.39, 0.29) is 6.03 Å². The van der Waals surface area contributed by atoms with Crippen molar-refractivity contribution in [3.63, 3.8) is 0 Å². The lowest BCUT2D eigenvalue weighted by atomic mass is 10.0. The number of nitrogens with zero attached hydrogens (tertiary/aromatic N) is 6. The van der Waals surface area contributed by atoms with Crippen LogP contribution in [0.1, 0.15) is 45.0 Å². The molecule has 0 aromatic carbocycles. The number of hydrogen-bond donors (Lipinski definition) is 0. The molecule has 0 bridgehead atoms. The van der Waals surface area contributed by atoms with Crippen LogP contribution in [-0.4, -0.2) is 36.0 Å². The first-order valence-corrected chi connectivity index (χ1v) is 6.98. The van der Waals surface area contributed by atoms with Crippen molar-refractivity contribution < 1.29 is 4.79 Å². The maximum absolute atomic E-state index is 12.3. The standard InChI is InChI=1S/C13H20N6O/c1-4-5-6-12-11(9-10(2)3)15-17-19(12)13(20)18-8-7-14-16-18/h7-8,10H,4-6,9H2,1-3H3. The minimum Gasteiger partial charge on any atom is -0.243 e. The van der Waals surface area contributed by atoms with E-state index in [9.17, 15) is 4.79 Å². The van der Waals surface area contributed by atoms with Gasteiger partial charge < -0.3 is 0 Å². The first-order valence-electron chi connectivity index (χ1n) is 6.98. The fourth-order valence-corrected chi connectivity index (χ4v) is 2.03. The number of carbonyl (C=O) groups is 1. The molecule has 7 heteroatoms. The van der Waals surface area contributed by atoms with Crippen LogP contribution in [0.3, 0.4) is 0 Å². The largest absolute Gasteiger partial charge is 0.372 e. The molecule has 0 fully saturated rings. The molecule has 2 aromatic rings. The Hall–Kier alpha value is -2.05. The molecule has 0 unspecified atom stereocenters. The predicted molar refractivity (Wildman–Crippen MR) is 73.4 cm³/mol. The average molecular weight is 276 g/mol. The zero-order valence-corrected chi connectivity index (χ0v) is 12.2. The zero-order valence-electron chi connectivity index (χ0n) is 12.2. The van der Waals surface area contributed by atoms with Crippen molar-refractivity contribution in [2.75, 3.05) is 0 Å². The Bertz CT molecular complexity index is 557. The quantitative estimate of drug-likeness (QED) is 0.833. The van der Waals surface area contributed by atoms with Gasteiger partial charge in [0.25, 0.3) is 0 Å². The van der Waals surface area contributed by atoms with Crippen molar-refractivity contribution in [1.29, 1.82) is 0 Å². The highest BCUT2D eigenvalue weighted by Crippen LogP contribution is 2.14. The number of aromatic nitrogens is 6. The van der Waals surface area contributed by atoms with Crippen LogP contribution in [0, 0.1) is 5.92 Å². The first kappa shape index (κ1) is 14.4. The van der Waals surface area contributed by atoms with Crippen molar-refractivity contribution >= 4 is 6.03 Å². The molecule has 0 spiro atoms. The van der Waals surface area contributed by atoms with Crippen LogP contribution in [-0.2, 0) is 12.8 Å². The van der Waals surface area contributed by atoms with E-state index in [2.05, 4.69) is 41.4 Å². The van der Waals surface area contributed by atoms with Gasteiger partial charge in [-0.05, 0) is 25.2 Å². The first-order chi connectivity index (χ1) is 9.63. The summed E-state index contributed by atoms with van der Waals surface area (Å²) in [5.41, 5.74) is 1.79. The summed E-state index contributed by atoms with van der Waals surface area (Å²) in [4.78, 5) is 12.3. The Labute approximate surface area is 118 Å². The molecule has 0 saturated heterocycles.